The summed E-state index contributed by atoms with van der Waals surface area (Å²) in [4.78, 5) is 14.1. The number of hydrogen-bond donors (Lipinski definition) is 2. The minimum atomic E-state index is -3.50. The number of aryl methyl sites for hydroxylation is 1. The summed E-state index contributed by atoms with van der Waals surface area (Å²) in [6, 6.07) is 5.54. The van der Waals surface area contributed by atoms with Gasteiger partial charge in [0.15, 0.2) is 6.54 Å². The second-order valence-electron chi connectivity index (χ2n) is 7.97. The van der Waals surface area contributed by atoms with Gasteiger partial charge in [-0.15, -0.1) is 0 Å². The van der Waals surface area contributed by atoms with Crippen LogP contribution in [0.2, 0.25) is 0 Å². The number of hydrogen-bond acceptors (Lipinski definition) is 3. The fourth-order valence-electron chi connectivity index (χ4n) is 4.07. The zero-order valence-corrected chi connectivity index (χ0v) is 17.3. The van der Waals surface area contributed by atoms with Crippen molar-refractivity contribution in [2.75, 3.05) is 31.5 Å². The Kier molecular flexibility index (Phi) is 6.55. The molecule has 0 spiro atoms. The fraction of sp³-hybridized carbons (Fsp3) is 0.650. The topological polar surface area (TPSA) is 70.9 Å². The highest BCUT2D eigenvalue weighted by Crippen LogP contribution is 2.25. The number of amides is 1. The number of sulfonamides is 1. The molecule has 3 rings (SSSR count). The second kappa shape index (κ2) is 8.71. The first-order chi connectivity index (χ1) is 12.9. The molecule has 1 aromatic rings. The van der Waals surface area contributed by atoms with E-state index >= 15 is 0 Å². The molecule has 0 saturated carbocycles. The van der Waals surface area contributed by atoms with Crippen molar-refractivity contribution in [2.45, 2.75) is 63.3 Å². The summed E-state index contributed by atoms with van der Waals surface area (Å²) in [5.41, 5.74) is 1.48. The van der Waals surface area contributed by atoms with Crippen LogP contribution in [0.4, 0.5) is 5.69 Å². The number of benzene rings is 1. The summed E-state index contributed by atoms with van der Waals surface area (Å²) in [6.45, 7) is 6.70. The number of piperidine rings is 2. The molecule has 1 aromatic carbocycles. The number of likely N-dealkylation sites (tertiary alicyclic amines) is 1. The van der Waals surface area contributed by atoms with Gasteiger partial charge in [0.05, 0.1) is 17.5 Å². The zero-order chi connectivity index (χ0) is 19.4. The van der Waals surface area contributed by atoms with Gasteiger partial charge in [-0.2, -0.15) is 4.31 Å². The Labute approximate surface area is 163 Å². The Morgan fingerprint density at radius 3 is 2.63 bits per heavy atom. The summed E-state index contributed by atoms with van der Waals surface area (Å²) >= 11 is 0. The molecule has 2 aliphatic rings. The van der Waals surface area contributed by atoms with E-state index in [4.69, 9.17) is 0 Å². The Morgan fingerprint density at radius 2 is 1.93 bits per heavy atom. The van der Waals surface area contributed by atoms with Crippen LogP contribution in [0.3, 0.4) is 0 Å². The van der Waals surface area contributed by atoms with Crippen molar-refractivity contribution in [1.82, 2.24) is 4.31 Å². The minimum absolute atomic E-state index is 0.0469. The first-order valence-corrected chi connectivity index (χ1v) is 11.6. The van der Waals surface area contributed by atoms with Crippen LogP contribution in [0.5, 0.6) is 0 Å². The van der Waals surface area contributed by atoms with Gasteiger partial charge < -0.3 is 10.2 Å². The number of nitrogens with zero attached hydrogens (tertiary/aromatic N) is 1. The van der Waals surface area contributed by atoms with E-state index in [1.54, 1.807) is 22.5 Å². The maximum atomic E-state index is 12.9. The van der Waals surface area contributed by atoms with E-state index in [0.717, 1.165) is 44.2 Å². The lowest BCUT2D eigenvalue weighted by Gasteiger charge is -2.29. The average molecular weight is 395 g/mol. The minimum Gasteiger partial charge on any atom is -0.325 e. The normalized spacial score (nSPS) is 24.5. The molecule has 0 radical (unpaired) electrons. The van der Waals surface area contributed by atoms with E-state index < -0.39 is 10.0 Å². The van der Waals surface area contributed by atoms with Gasteiger partial charge in [0.25, 0.3) is 5.91 Å². The van der Waals surface area contributed by atoms with Crippen molar-refractivity contribution in [2.24, 2.45) is 0 Å². The third kappa shape index (κ3) is 4.89. The molecule has 7 heteroatoms. The molecule has 1 unspecified atom stereocenters. The van der Waals surface area contributed by atoms with E-state index in [0.29, 0.717) is 31.4 Å². The van der Waals surface area contributed by atoms with Gasteiger partial charge in [-0.1, -0.05) is 12.5 Å². The highest BCUT2D eigenvalue weighted by atomic mass is 32.2. The van der Waals surface area contributed by atoms with Gasteiger partial charge in [-0.25, -0.2) is 8.42 Å². The molecule has 150 valence electrons. The largest absolute Gasteiger partial charge is 0.325 e. The highest BCUT2D eigenvalue weighted by Gasteiger charge is 2.27. The van der Waals surface area contributed by atoms with Crippen molar-refractivity contribution in [3.8, 4) is 0 Å². The summed E-state index contributed by atoms with van der Waals surface area (Å²) < 4.78 is 27.4. The van der Waals surface area contributed by atoms with E-state index in [9.17, 15) is 13.2 Å². The number of nitrogens with one attached hydrogen (secondary N) is 2. The van der Waals surface area contributed by atoms with Gasteiger partial charge >= 0.3 is 0 Å². The molecule has 2 heterocycles. The van der Waals surface area contributed by atoms with E-state index in [1.807, 2.05) is 6.92 Å². The Bertz CT molecular complexity index is 773. The predicted octanol–water partition coefficient (Wildman–Crippen LogP) is 1.57. The van der Waals surface area contributed by atoms with E-state index in [-0.39, 0.29) is 10.8 Å². The number of quaternary nitrogens is 1. The van der Waals surface area contributed by atoms with Crippen molar-refractivity contribution >= 4 is 21.6 Å². The maximum Gasteiger partial charge on any atom is 0.279 e. The molecule has 0 aliphatic carbocycles. The van der Waals surface area contributed by atoms with Crippen LogP contribution in [-0.2, 0) is 14.8 Å². The van der Waals surface area contributed by atoms with Crippen molar-refractivity contribution in [3.63, 3.8) is 0 Å². The van der Waals surface area contributed by atoms with Crippen LogP contribution in [0, 0.1) is 6.92 Å². The van der Waals surface area contributed by atoms with Gasteiger partial charge in [0, 0.05) is 18.8 Å². The number of rotatable bonds is 5. The Morgan fingerprint density at radius 1 is 1.19 bits per heavy atom. The summed E-state index contributed by atoms with van der Waals surface area (Å²) in [7, 11) is -3.50. The van der Waals surface area contributed by atoms with Crippen molar-refractivity contribution in [1.29, 1.82) is 0 Å². The lowest BCUT2D eigenvalue weighted by atomic mass is 10.0. The average Bonchev–Trinajstić information content (AvgIpc) is 2.66. The first kappa shape index (κ1) is 20.3. The first-order valence-electron chi connectivity index (χ1n) is 10.1. The molecule has 2 saturated heterocycles. The lowest BCUT2D eigenvalue weighted by Crippen LogP contribution is -3.17. The fourth-order valence-corrected chi connectivity index (χ4v) is 5.61. The SMILES string of the molecule is Cc1ccc(S(=O)(=O)N2CCCCC2)cc1NC(=O)C[NH+]1CCCC[C@@H]1C. The molecular formula is C20H32N3O3S+. The zero-order valence-electron chi connectivity index (χ0n) is 16.5. The van der Waals surface area contributed by atoms with Gasteiger partial charge in [-0.3, -0.25) is 4.79 Å². The van der Waals surface area contributed by atoms with Crippen LogP contribution >= 0.6 is 0 Å². The summed E-state index contributed by atoms with van der Waals surface area (Å²) in [6.07, 6.45) is 6.46. The third-order valence-corrected chi connectivity index (χ3v) is 7.80. The van der Waals surface area contributed by atoms with Crippen LogP contribution < -0.4 is 10.2 Å². The lowest BCUT2D eigenvalue weighted by molar-refractivity contribution is -0.920. The molecule has 6 nitrogen and oxygen atoms in total. The van der Waals surface area contributed by atoms with Crippen LogP contribution in [0.25, 0.3) is 0 Å². The summed E-state index contributed by atoms with van der Waals surface area (Å²) in [5.74, 6) is -0.0469. The molecule has 0 bridgehead atoms. The quantitative estimate of drug-likeness (QED) is 0.796. The summed E-state index contributed by atoms with van der Waals surface area (Å²) in [5, 5.41) is 2.95. The van der Waals surface area contributed by atoms with Gasteiger partial charge in [0.1, 0.15) is 0 Å². The molecule has 27 heavy (non-hydrogen) atoms. The highest BCUT2D eigenvalue weighted by molar-refractivity contribution is 7.89. The molecule has 0 aromatic heterocycles. The third-order valence-electron chi connectivity index (χ3n) is 5.91. The molecule has 2 N–H and O–H groups in total. The molecule has 2 aliphatic heterocycles. The van der Waals surface area contributed by atoms with Crippen LogP contribution in [0.1, 0.15) is 51.0 Å². The second-order valence-corrected chi connectivity index (χ2v) is 9.91. The van der Waals surface area contributed by atoms with Gasteiger partial charge in [-0.05, 0) is 63.6 Å². The predicted molar refractivity (Wildman–Crippen MR) is 106 cm³/mol. The standard InChI is InChI=1S/C20H31N3O3S/c1-16-9-10-18(27(25,26)23-12-5-3-6-13-23)14-19(16)21-20(24)15-22-11-7-4-8-17(22)2/h9-10,14,17H,3-8,11-13,15H2,1-2H3,(H,21,24)/p+1/t17-/m0/s1. The Balaban J connectivity index is 1.72. The van der Waals surface area contributed by atoms with E-state index in [1.165, 1.54) is 11.3 Å². The van der Waals surface area contributed by atoms with E-state index in [2.05, 4.69) is 12.2 Å². The van der Waals surface area contributed by atoms with Crippen LogP contribution in [-0.4, -0.2) is 50.9 Å². The molecule has 1 amide bonds. The molecule has 2 fully saturated rings. The smallest absolute Gasteiger partial charge is 0.279 e. The Hall–Kier alpha value is -1.44. The number of carbonyl (C=O) groups is 1. The number of anilines is 1. The number of carbonyl (C=O) groups excluding carboxylic acids is 1. The molecular weight excluding hydrogens is 362 g/mol. The van der Waals surface area contributed by atoms with Crippen molar-refractivity contribution < 1.29 is 18.1 Å². The monoisotopic (exact) mass is 394 g/mol. The molecule has 2 atom stereocenters. The maximum absolute atomic E-state index is 12.9. The van der Waals surface area contributed by atoms with Gasteiger partial charge in [0.2, 0.25) is 10.0 Å². The van der Waals surface area contributed by atoms with Crippen molar-refractivity contribution in [3.05, 3.63) is 23.8 Å². The van der Waals surface area contributed by atoms with Crippen LogP contribution in [0.15, 0.2) is 23.1 Å².